The molecule has 2 unspecified atom stereocenters. The molecule has 35 heavy (non-hydrogen) atoms. The molecule has 2 bridgehead atoms. The van der Waals surface area contributed by atoms with Crippen molar-refractivity contribution in [1.82, 2.24) is 0 Å². The normalized spacial score (nSPS) is 25.7. The molecule has 4 aliphatic carbocycles. The van der Waals surface area contributed by atoms with Crippen LogP contribution in [0.1, 0.15) is 49.3 Å². The van der Waals surface area contributed by atoms with Crippen molar-refractivity contribution in [3.8, 4) is 11.5 Å². The van der Waals surface area contributed by atoms with Gasteiger partial charge in [0.05, 0.1) is 16.0 Å². The lowest BCUT2D eigenvalue weighted by atomic mass is 9.59. The van der Waals surface area contributed by atoms with Gasteiger partial charge in [-0.15, -0.1) is 0 Å². The van der Waals surface area contributed by atoms with Crippen molar-refractivity contribution in [1.29, 1.82) is 0 Å². The largest absolute Gasteiger partial charge is 0.511 e. The molecule has 3 fully saturated rings. The van der Waals surface area contributed by atoms with E-state index in [1.807, 2.05) is 6.92 Å². The summed E-state index contributed by atoms with van der Waals surface area (Å²) in [6, 6.07) is 7.07. The number of aryl methyl sites for hydroxylation is 1. The minimum Gasteiger partial charge on any atom is -0.511 e. The first-order valence-electron chi connectivity index (χ1n) is 11.8. The second-order valence-corrected chi connectivity index (χ2v) is 9.58. The molecule has 2 aromatic carbocycles. The molecule has 3 saturated carbocycles. The number of allylic oxidation sites excluding steroid dienone is 2. The number of fused-ring (bicyclic) bond motifs is 2. The standard InChI is InChI=1S/C26H24F3NO5/c1-2-13-7-9-17(35-20-10-8-16(26(27,28)29)11-19(20)30(33)34)12-18(13)23-24(31)21-14-3-4-15(6-5-14)22(21)25(23)32/h7-12,14-15,21-22H,2-6H2,1H3,(H-,31,32,33,34)/p+1. The lowest BCUT2D eigenvalue weighted by Gasteiger charge is -2.44. The smallest absolute Gasteiger partial charge is 0.416 e. The molecule has 0 radical (unpaired) electrons. The molecule has 0 aliphatic heterocycles. The number of aliphatic hydroxyl groups excluding tert-OH is 1. The number of benzene rings is 2. The fourth-order valence-corrected chi connectivity index (χ4v) is 6.17. The van der Waals surface area contributed by atoms with E-state index in [4.69, 9.17) is 4.74 Å². The highest BCUT2D eigenvalue weighted by atomic mass is 19.4. The summed E-state index contributed by atoms with van der Waals surface area (Å²) in [6.07, 6.45) is -0.134. The molecular weight excluding hydrogens is 463 g/mol. The molecule has 9 heteroatoms. The van der Waals surface area contributed by atoms with E-state index in [-0.39, 0.29) is 40.8 Å². The highest BCUT2D eigenvalue weighted by Crippen LogP contribution is 2.57. The van der Waals surface area contributed by atoms with Gasteiger partial charge in [-0.25, -0.2) is 5.21 Å². The van der Waals surface area contributed by atoms with E-state index in [0.717, 1.165) is 43.4 Å². The molecule has 2 aromatic rings. The van der Waals surface area contributed by atoms with Crippen LogP contribution in [-0.4, -0.2) is 21.0 Å². The van der Waals surface area contributed by atoms with E-state index >= 15 is 0 Å². The molecular formula is C26H25F3NO5+. The highest BCUT2D eigenvalue weighted by molar-refractivity contribution is 6.25. The maximum atomic E-state index is 13.5. The maximum Gasteiger partial charge on any atom is 0.416 e. The number of nitrogens with zero attached hydrogens (tertiary/aromatic N) is 1. The van der Waals surface area contributed by atoms with E-state index in [9.17, 15) is 33.2 Å². The van der Waals surface area contributed by atoms with Crippen molar-refractivity contribution in [3.05, 3.63) is 63.8 Å². The second kappa shape index (κ2) is 8.39. The summed E-state index contributed by atoms with van der Waals surface area (Å²) >= 11 is 0. The number of ketones is 1. The van der Waals surface area contributed by atoms with E-state index in [2.05, 4.69) is 0 Å². The Bertz CT molecular complexity index is 1240. The Kier molecular flexibility index (Phi) is 5.61. The molecule has 0 heterocycles. The zero-order valence-corrected chi connectivity index (χ0v) is 19.0. The van der Waals surface area contributed by atoms with Crippen LogP contribution >= 0.6 is 0 Å². The first kappa shape index (κ1) is 23.4. The number of halogens is 3. The van der Waals surface area contributed by atoms with Gasteiger partial charge in [0.15, 0.2) is 5.78 Å². The molecule has 0 amide bonds. The predicted molar refractivity (Wildman–Crippen MR) is 119 cm³/mol. The molecule has 0 spiro atoms. The molecule has 2 N–H and O–H groups in total. The van der Waals surface area contributed by atoms with Crippen molar-refractivity contribution >= 4 is 17.0 Å². The zero-order valence-electron chi connectivity index (χ0n) is 19.0. The lowest BCUT2D eigenvalue weighted by Crippen LogP contribution is -2.41. The van der Waals surface area contributed by atoms with Gasteiger partial charge in [-0.2, -0.15) is 13.2 Å². The summed E-state index contributed by atoms with van der Waals surface area (Å²) in [7, 11) is 0. The molecule has 0 saturated heterocycles. The van der Waals surface area contributed by atoms with Crippen LogP contribution in [0, 0.1) is 28.6 Å². The van der Waals surface area contributed by atoms with Crippen LogP contribution in [0.3, 0.4) is 0 Å². The first-order valence-corrected chi connectivity index (χ1v) is 11.8. The highest BCUT2D eigenvalue weighted by Gasteiger charge is 2.54. The number of carbonyl (C=O) groups is 1. The topological polar surface area (TPSA) is 86.8 Å². The number of hydrogen-bond acceptors (Lipinski definition) is 4. The average molecular weight is 488 g/mol. The van der Waals surface area contributed by atoms with Crippen molar-refractivity contribution in [2.75, 3.05) is 0 Å². The molecule has 184 valence electrons. The lowest BCUT2D eigenvalue weighted by molar-refractivity contribution is -0.730. The van der Waals surface area contributed by atoms with Crippen molar-refractivity contribution in [2.24, 2.45) is 23.7 Å². The Labute approximate surface area is 199 Å². The number of carbonyl (C=O) groups excluding carboxylic acids is 1. The third kappa shape index (κ3) is 3.86. The Hall–Kier alpha value is -3.36. The van der Waals surface area contributed by atoms with Gasteiger partial charge < -0.3 is 9.84 Å². The zero-order chi connectivity index (χ0) is 25.1. The van der Waals surface area contributed by atoms with E-state index in [0.29, 0.717) is 29.5 Å². The molecule has 6 rings (SSSR count). The fourth-order valence-electron chi connectivity index (χ4n) is 6.17. The Morgan fingerprint density at radius 2 is 1.69 bits per heavy atom. The Morgan fingerprint density at radius 1 is 1.03 bits per heavy atom. The van der Waals surface area contributed by atoms with Gasteiger partial charge in [-0.3, -0.25) is 4.79 Å². The summed E-state index contributed by atoms with van der Waals surface area (Å²) in [5.74, 6) is 0.116. The Balaban J connectivity index is 1.54. The van der Waals surface area contributed by atoms with Crippen molar-refractivity contribution < 1.29 is 37.9 Å². The minimum absolute atomic E-state index is 0.0648. The molecule has 2 atom stereocenters. The van der Waals surface area contributed by atoms with Crippen LogP contribution in [0.5, 0.6) is 11.5 Å². The van der Waals surface area contributed by atoms with Crippen LogP contribution in [0.2, 0.25) is 0 Å². The number of hydrogen-bond donors (Lipinski definition) is 2. The summed E-state index contributed by atoms with van der Waals surface area (Å²) in [5.41, 5.74) is -0.180. The van der Waals surface area contributed by atoms with Crippen molar-refractivity contribution in [2.45, 2.75) is 45.2 Å². The van der Waals surface area contributed by atoms with Gasteiger partial charge in [-0.1, -0.05) is 13.0 Å². The van der Waals surface area contributed by atoms with Gasteiger partial charge in [-0.05, 0) is 79.3 Å². The maximum absolute atomic E-state index is 13.5. The van der Waals surface area contributed by atoms with Gasteiger partial charge in [0.2, 0.25) is 5.75 Å². The molecule has 4 aliphatic rings. The summed E-state index contributed by atoms with van der Waals surface area (Å²) in [4.78, 5) is 24.4. The minimum atomic E-state index is -4.71. The van der Waals surface area contributed by atoms with E-state index < -0.39 is 22.4 Å². The first-order chi connectivity index (χ1) is 16.6. The van der Waals surface area contributed by atoms with E-state index in [1.54, 1.807) is 18.2 Å². The van der Waals surface area contributed by atoms with Gasteiger partial charge in [0.1, 0.15) is 11.5 Å². The number of rotatable bonds is 5. The van der Waals surface area contributed by atoms with Crippen LogP contribution in [-0.2, 0) is 17.4 Å². The monoisotopic (exact) mass is 488 g/mol. The van der Waals surface area contributed by atoms with Crippen LogP contribution in [0.25, 0.3) is 5.57 Å². The van der Waals surface area contributed by atoms with Crippen LogP contribution in [0.4, 0.5) is 18.9 Å². The fraction of sp³-hybridized carbons (Fsp3) is 0.423. The molecule has 0 aromatic heterocycles. The van der Waals surface area contributed by atoms with Crippen LogP contribution in [0.15, 0.2) is 42.2 Å². The van der Waals surface area contributed by atoms with Crippen LogP contribution < -0.4 is 4.74 Å². The van der Waals surface area contributed by atoms with Gasteiger partial charge in [0, 0.05) is 17.9 Å². The summed E-state index contributed by atoms with van der Waals surface area (Å²) < 4.78 is 44.9. The van der Waals surface area contributed by atoms with Gasteiger partial charge in [0.25, 0.3) is 4.92 Å². The molecule has 6 nitrogen and oxygen atoms in total. The van der Waals surface area contributed by atoms with E-state index in [1.165, 1.54) is 0 Å². The number of alkyl halides is 3. The second-order valence-electron chi connectivity index (χ2n) is 9.58. The van der Waals surface area contributed by atoms with Crippen molar-refractivity contribution in [3.63, 3.8) is 0 Å². The summed E-state index contributed by atoms with van der Waals surface area (Å²) in [6.45, 7) is 1.92. The SMILES string of the molecule is CCc1ccc(Oc2ccc(C(F)(F)F)cc2[N+](=O)O)cc1C1=C(O)C2C3CCC(CC3)C2C1=O. The quantitative estimate of drug-likeness (QED) is 0.454. The third-order valence-corrected chi connectivity index (χ3v) is 7.79. The third-order valence-electron chi connectivity index (χ3n) is 7.79. The summed E-state index contributed by atoms with van der Waals surface area (Å²) in [5, 5.41) is 20.6. The predicted octanol–water partition coefficient (Wildman–Crippen LogP) is 6.76. The van der Waals surface area contributed by atoms with Gasteiger partial charge >= 0.3 is 11.9 Å². The number of aliphatic hydroxyl groups is 1. The average Bonchev–Trinajstić information content (AvgIpc) is 3.11. The Morgan fingerprint density at radius 3 is 2.26 bits per heavy atom. The number of Topliss-reactive ketones (excluding diaryl/α,β-unsaturated/α-hetero) is 1. The number of ether oxygens (including phenoxy) is 1.